The number of hydrogen-bond donors (Lipinski definition) is 0. The molecule has 1 unspecified atom stereocenters. The van der Waals surface area contributed by atoms with Crippen molar-refractivity contribution in [3.63, 3.8) is 0 Å². The number of rotatable bonds is 3. The lowest BCUT2D eigenvalue weighted by Gasteiger charge is -2.38. The van der Waals surface area contributed by atoms with E-state index in [-0.39, 0.29) is 29.7 Å². The van der Waals surface area contributed by atoms with Gasteiger partial charge in [-0.3, -0.25) is 14.4 Å². The van der Waals surface area contributed by atoms with Crippen LogP contribution < -0.4 is 0 Å². The molecule has 2 saturated heterocycles. The number of carbonyl (C=O) groups excluding carboxylic acids is 3. The van der Waals surface area contributed by atoms with Crippen molar-refractivity contribution in [3.05, 3.63) is 34.3 Å². The molecule has 0 aromatic heterocycles. The number of benzene rings is 1. The summed E-state index contributed by atoms with van der Waals surface area (Å²) >= 11 is 3.39. The van der Waals surface area contributed by atoms with E-state index in [4.69, 9.17) is 0 Å². The van der Waals surface area contributed by atoms with Gasteiger partial charge in [0.25, 0.3) is 5.91 Å². The van der Waals surface area contributed by atoms with Crippen LogP contribution in [0.3, 0.4) is 0 Å². The molecule has 3 fully saturated rings. The number of piperazine rings is 1. The Balaban J connectivity index is 1.35. The Morgan fingerprint density at radius 2 is 1.34 bits per heavy atom. The molecule has 0 bridgehead atoms. The van der Waals surface area contributed by atoms with E-state index in [2.05, 4.69) is 15.9 Å². The maximum atomic E-state index is 13.2. The minimum absolute atomic E-state index is 0.0286. The second-order valence-electron chi connectivity index (χ2n) is 8.30. The number of hydrogen-bond acceptors (Lipinski definition) is 3. The van der Waals surface area contributed by atoms with Crippen molar-refractivity contribution in [2.75, 3.05) is 32.7 Å². The molecule has 29 heavy (non-hydrogen) atoms. The summed E-state index contributed by atoms with van der Waals surface area (Å²) in [5, 5.41) is 0. The number of nitrogens with zero attached hydrogens (tertiary/aromatic N) is 3. The first-order valence-electron chi connectivity index (χ1n) is 10.7. The first kappa shape index (κ1) is 20.4. The van der Waals surface area contributed by atoms with Gasteiger partial charge in [0.15, 0.2) is 0 Å². The third-order valence-corrected chi connectivity index (χ3v) is 7.03. The van der Waals surface area contributed by atoms with Crippen molar-refractivity contribution >= 4 is 33.7 Å². The maximum absolute atomic E-state index is 13.2. The van der Waals surface area contributed by atoms with Gasteiger partial charge in [-0.25, -0.2) is 0 Å². The van der Waals surface area contributed by atoms with Crippen LogP contribution >= 0.6 is 15.9 Å². The van der Waals surface area contributed by atoms with E-state index in [1.165, 1.54) is 0 Å². The van der Waals surface area contributed by atoms with E-state index in [1.54, 1.807) is 17.0 Å². The molecule has 1 atom stereocenters. The van der Waals surface area contributed by atoms with Gasteiger partial charge in [0.05, 0.1) is 0 Å². The Kier molecular flexibility index (Phi) is 6.23. The molecular formula is C22H28BrN3O3. The first-order valence-corrected chi connectivity index (χ1v) is 11.5. The number of carbonyl (C=O) groups is 3. The number of amides is 3. The summed E-state index contributed by atoms with van der Waals surface area (Å²) in [5.41, 5.74) is 0.611. The Hall–Kier alpha value is -1.89. The first-order chi connectivity index (χ1) is 14.0. The van der Waals surface area contributed by atoms with Crippen LogP contribution in [-0.2, 0) is 9.59 Å². The minimum atomic E-state index is -0.386. The molecule has 1 saturated carbocycles. The Labute approximate surface area is 180 Å². The van der Waals surface area contributed by atoms with Crippen LogP contribution in [0.4, 0.5) is 0 Å². The molecule has 2 aliphatic heterocycles. The lowest BCUT2D eigenvalue weighted by Crippen LogP contribution is -2.56. The van der Waals surface area contributed by atoms with Gasteiger partial charge in [0.2, 0.25) is 11.8 Å². The van der Waals surface area contributed by atoms with Crippen molar-refractivity contribution in [3.8, 4) is 0 Å². The van der Waals surface area contributed by atoms with Crippen LogP contribution in [0, 0.1) is 5.92 Å². The lowest BCUT2D eigenvalue weighted by atomic mass is 10.1. The molecule has 1 aromatic carbocycles. The molecule has 0 spiro atoms. The van der Waals surface area contributed by atoms with Crippen molar-refractivity contribution in [2.24, 2.45) is 5.92 Å². The predicted octanol–water partition coefficient (Wildman–Crippen LogP) is 2.91. The van der Waals surface area contributed by atoms with Crippen LogP contribution in [0.2, 0.25) is 0 Å². The molecule has 4 rings (SSSR count). The molecule has 1 aliphatic carbocycles. The van der Waals surface area contributed by atoms with E-state index >= 15 is 0 Å². The molecule has 7 heteroatoms. The highest BCUT2D eigenvalue weighted by Crippen LogP contribution is 2.27. The third kappa shape index (κ3) is 4.34. The summed E-state index contributed by atoms with van der Waals surface area (Å²) in [6, 6.07) is 6.89. The van der Waals surface area contributed by atoms with Gasteiger partial charge in [-0.2, -0.15) is 0 Å². The topological polar surface area (TPSA) is 60.9 Å². The quantitative estimate of drug-likeness (QED) is 0.694. The average Bonchev–Trinajstić information content (AvgIpc) is 3.45. The zero-order valence-electron chi connectivity index (χ0n) is 16.7. The fourth-order valence-corrected chi connectivity index (χ4v) is 5.08. The second kappa shape index (κ2) is 8.86. The van der Waals surface area contributed by atoms with E-state index in [1.807, 2.05) is 21.9 Å². The van der Waals surface area contributed by atoms with Crippen LogP contribution in [-0.4, -0.2) is 71.2 Å². The van der Waals surface area contributed by atoms with Crippen molar-refractivity contribution in [2.45, 2.75) is 44.6 Å². The Morgan fingerprint density at radius 3 is 1.97 bits per heavy atom. The standard InChI is InChI=1S/C22H28BrN3O3/c23-18-9-7-17(8-10-18)21(28)26-11-3-6-19(26)22(29)25-14-12-24(13-15-25)20(27)16-4-1-2-5-16/h7-10,16,19H,1-6,11-15H2. The molecule has 0 N–H and O–H groups in total. The zero-order valence-corrected chi connectivity index (χ0v) is 18.3. The molecule has 0 radical (unpaired) electrons. The highest BCUT2D eigenvalue weighted by Gasteiger charge is 2.38. The van der Waals surface area contributed by atoms with Crippen molar-refractivity contribution in [1.29, 1.82) is 0 Å². The minimum Gasteiger partial charge on any atom is -0.339 e. The highest BCUT2D eigenvalue weighted by molar-refractivity contribution is 9.10. The Morgan fingerprint density at radius 1 is 0.759 bits per heavy atom. The second-order valence-corrected chi connectivity index (χ2v) is 9.21. The lowest BCUT2D eigenvalue weighted by molar-refractivity contribution is -0.143. The summed E-state index contributed by atoms with van der Waals surface area (Å²) in [7, 11) is 0. The van der Waals surface area contributed by atoms with Crippen molar-refractivity contribution < 1.29 is 14.4 Å². The molecular weight excluding hydrogens is 434 g/mol. The highest BCUT2D eigenvalue weighted by atomic mass is 79.9. The summed E-state index contributed by atoms with van der Waals surface area (Å²) in [5.74, 6) is 0.401. The maximum Gasteiger partial charge on any atom is 0.254 e. The number of halogens is 1. The predicted molar refractivity (Wildman–Crippen MR) is 113 cm³/mol. The molecule has 3 amide bonds. The molecule has 2 heterocycles. The van der Waals surface area contributed by atoms with Gasteiger partial charge in [-0.05, 0) is 49.9 Å². The van der Waals surface area contributed by atoms with Crippen LogP contribution in [0.15, 0.2) is 28.7 Å². The van der Waals surface area contributed by atoms with Crippen molar-refractivity contribution in [1.82, 2.24) is 14.7 Å². The largest absolute Gasteiger partial charge is 0.339 e. The zero-order chi connectivity index (χ0) is 20.4. The summed E-state index contributed by atoms with van der Waals surface area (Å²) in [6.07, 6.45) is 5.87. The smallest absolute Gasteiger partial charge is 0.254 e. The molecule has 156 valence electrons. The van der Waals surface area contributed by atoms with Gasteiger partial charge >= 0.3 is 0 Å². The van der Waals surface area contributed by atoms with Gasteiger partial charge < -0.3 is 14.7 Å². The van der Waals surface area contributed by atoms with Gasteiger partial charge in [-0.1, -0.05) is 28.8 Å². The monoisotopic (exact) mass is 461 g/mol. The average molecular weight is 462 g/mol. The summed E-state index contributed by atoms with van der Waals surface area (Å²) in [6.45, 7) is 2.95. The normalized spacial score (nSPS) is 22.9. The van der Waals surface area contributed by atoms with Crippen LogP contribution in [0.5, 0.6) is 0 Å². The van der Waals surface area contributed by atoms with Crippen LogP contribution in [0.25, 0.3) is 0 Å². The van der Waals surface area contributed by atoms with Gasteiger partial charge in [-0.15, -0.1) is 0 Å². The van der Waals surface area contributed by atoms with E-state index in [0.29, 0.717) is 44.7 Å². The molecule has 6 nitrogen and oxygen atoms in total. The summed E-state index contributed by atoms with van der Waals surface area (Å²) < 4.78 is 0.924. The van der Waals surface area contributed by atoms with Crippen LogP contribution in [0.1, 0.15) is 48.9 Å². The molecule has 1 aromatic rings. The molecule has 3 aliphatic rings. The summed E-state index contributed by atoms with van der Waals surface area (Å²) in [4.78, 5) is 44.2. The van der Waals surface area contributed by atoms with E-state index in [0.717, 1.165) is 36.6 Å². The van der Waals surface area contributed by atoms with Gasteiger partial charge in [0, 0.05) is 48.7 Å². The fourth-order valence-electron chi connectivity index (χ4n) is 4.81. The Bertz CT molecular complexity index is 768. The number of likely N-dealkylation sites (tertiary alicyclic amines) is 1. The fraction of sp³-hybridized carbons (Fsp3) is 0.591. The SMILES string of the molecule is O=C(C1CCCC1)N1CCN(C(=O)C2CCCN2C(=O)c2ccc(Br)cc2)CC1. The van der Waals surface area contributed by atoms with Gasteiger partial charge in [0.1, 0.15) is 6.04 Å². The van der Waals surface area contributed by atoms with E-state index < -0.39 is 0 Å². The third-order valence-electron chi connectivity index (χ3n) is 6.50. The van der Waals surface area contributed by atoms with E-state index in [9.17, 15) is 14.4 Å².